The molecule has 0 amide bonds. The molecule has 4 nitrogen and oxygen atoms in total. The fourth-order valence-corrected chi connectivity index (χ4v) is 5.12. The molecule has 21 heavy (non-hydrogen) atoms. The fourth-order valence-electron chi connectivity index (χ4n) is 2.28. The second kappa shape index (κ2) is 5.93. The van der Waals surface area contributed by atoms with Gasteiger partial charge >= 0.3 is 0 Å². The topological polar surface area (TPSA) is 59.2 Å². The minimum atomic E-state index is 0.248. The van der Waals surface area contributed by atoms with Crippen molar-refractivity contribution in [3.05, 3.63) is 29.6 Å². The first kappa shape index (κ1) is 14.8. The smallest absolute Gasteiger partial charge is 0.258 e. The summed E-state index contributed by atoms with van der Waals surface area (Å²) >= 11 is 3.88. The minimum absolute atomic E-state index is 0.248. The van der Waals surface area contributed by atoms with E-state index in [9.17, 15) is 5.11 Å². The average molecular weight is 322 g/mol. The highest BCUT2D eigenvalue weighted by Gasteiger charge is 2.30. The molecule has 1 aromatic heterocycles. The third kappa shape index (κ3) is 3.06. The molecule has 3 rings (SSSR count). The summed E-state index contributed by atoms with van der Waals surface area (Å²) in [4.78, 5) is 4.56. The van der Waals surface area contributed by atoms with Gasteiger partial charge in [-0.1, -0.05) is 19.0 Å². The largest absolute Gasteiger partial charge is 0.508 e. The maximum absolute atomic E-state index is 9.47. The van der Waals surface area contributed by atoms with Crippen molar-refractivity contribution in [2.24, 2.45) is 0 Å². The van der Waals surface area contributed by atoms with E-state index in [0.717, 1.165) is 22.7 Å². The third-order valence-corrected chi connectivity index (χ3v) is 7.11. The molecule has 1 N–H and O–H groups in total. The van der Waals surface area contributed by atoms with Crippen molar-refractivity contribution in [3.63, 3.8) is 0 Å². The van der Waals surface area contributed by atoms with E-state index < -0.39 is 0 Å². The summed E-state index contributed by atoms with van der Waals surface area (Å²) in [5.41, 5.74) is 1.80. The highest BCUT2D eigenvalue weighted by Crippen LogP contribution is 2.43. The van der Waals surface area contributed by atoms with Crippen LogP contribution in [0.25, 0.3) is 11.5 Å². The van der Waals surface area contributed by atoms with E-state index in [4.69, 9.17) is 4.52 Å². The van der Waals surface area contributed by atoms with Crippen LogP contribution in [0, 0.1) is 6.92 Å². The highest BCUT2D eigenvalue weighted by atomic mass is 32.2. The average Bonchev–Trinajstić information content (AvgIpc) is 2.91. The van der Waals surface area contributed by atoms with E-state index in [0.29, 0.717) is 16.4 Å². The van der Waals surface area contributed by atoms with Gasteiger partial charge in [-0.15, -0.1) is 11.8 Å². The summed E-state index contributed by atoms with van der Waals surface area (Å²) in [6, 6.07) is 5.16. The van der Waals surface area contributed by atoms with Crippen LogP contribution >= 0.6 is 23.5 Å². The molecular formula is C15H18N2O2S2. The number of nitrogens with zero attached hydrogens (tertiary/aromatic N) is 2. The Bertz CT molecular complexity index is 644. The first-order chi connectivity index (χ1) is 10.0. The summed E-state index contributed by atoms with van der Waals surface area (Å²) in [5, 5.41) is 15.2. The Kier molecular flexibility index (Phi) is 4.17. The molecule has 1 saturated heterocycles. The molecule has 1 aliphatic heterocycles. The predicted molar refractivity (Wildman–Crippen MR) is 87.8 cm³/mol. The van der Waals surface area contributed by atoms with Gasteiger partial charge in [0.15, 0.2) is 5.82 Å². The quantitative estimate of drug-likeness (QED) is 0.900. The van der Waals surface area contributed by atoms with Crippen LogP contribution in [0.5, 0.6) is 5.75 Å². The zero-order valence-electron chi connectivity index (χ0n) is 12.2. The van der Waals surface area contributed by atoms with Gasteiger partial charge in [-0.05, 0) is 30.7 Å². The summed E-state index contributed by atoms with van der Waals surface area (Å²) in [7, 11) is 0. The number of aromatic nitrogens is 2. The van der Waals surface area contributed by atoms with Gasteiger partial charge in [0.05, 0.1) is 5.25 Å². The van der Waals surface area contributed by atoms with Gasteiger partial charge in [-0.2, -0.15) is 16.7 Å². The van der Waals surface area contributed by atoms with Crippen molar-refractivity contribution < 1.29 is 9.63 Å². The van der Waals surface area contributed by atoms with Crippen LogP contribution < -0.4 is 0 Å². The second-order valence-corrected chi connectivity index (χ2v) is 8.32. The lowest BCUT2D eigenvalue weighted by Crippen LogP contribution is -2.22. The maximum Gasteiger partial charge on any atom is 0.258 e. The number of rotatable bonds is 2. The van der Waals surface area contributed by atoms with Crippen molar-refractivity contribution in [1.29, 1.82) is 0 Å². The molecule has 112 valence electrons. The van der Waals surface area contributed by atoms with Gasteiger partial charge in [0, 0.05) is 21.8 Å². The van der Waals surface area contributed by atoms with Crippen LogP contribution in [-0.4, -0.2) is 31.5 Å². The highest BCUT2D eigenvalue weighted by molar-refractivity contribution is 8.07. The molecule has 2 aromatic rings. The van der Waals surface area contributed by atoms with Gasteiger partial charge in [-0.25, -0.2) is 0 Å². The molecule has 3 atom stereocenters. The fraction of sp³-hybridized carbons (Fsp3) is 0.467. The second-order valence-electron chi connectivity index (χ2n) is 5.33. The van der Waals surface area contributed by atoms with Gasteiger partial charge < -0.3 is 9.63 Å². The SMILES string of the molecule is Cc1cc(O)ccc1-c1nc(C2CSC(C)C(C)S2)no1. The minimum Gasteiger partial charge on any atom is -0.508 e. The van der Waals surface area contributed by atoms with Crippen LogP contribution in [-0.2, 0) is 0 Å². The van der Waals surface area contributed by atoms with Crippen molar-refractivity contribution in [2.75, 3.05) is 5.75 Å². The number of phenols is 1. The molecule has 0 aliphatic carbocycles. The van der Waals surface area contributed by atoms with Gasteiger partial charge in [0.1, 0.15) is 5.75 Å². The number of benzene rings is 1. The van der Waals surface area contributed by atoms with Crippen LogP contribution in [0.1, 0.15) is 30.5 Å². The lowest BCUT2D eigenvalue weighted by atomic mass is 10.1. The molecule has 1 fully saturated rings. The number of hydrogen-bond donors (Lipinski definition) is 1. The Morgan fingerprint density at radius 2 is 2.10 bits per heavy atom. The Morgan fingerprint density at radius 1 is 1.29 bits per heavy atom. The van der Waals surface area contributed by atoms with Crippen LogP contribution in [0.3, 0.4) is 0 Å². The van der Waals surface area contributed by atoms with E-state index in [1.54, 1.807) is 12.1 Å². The predicted octanol–water partition coefficient (Wildman–Crippen LogP) is 4.05. The Hall–Kier alpha value is -1.14. The van der Waals surface area contributed by atoms with Crippen molar-refractivity contribution >= 4 is 23.5 Å². The summed E-state index contributed by atoms with van der Waals surface area (Å²) in [6.45, 7) is 6.44. The van der Waals surface area contributed by atoms with Crippen LogP contribution in [0.15, 0.2) is 22.7 Å². The zero-order chi connectivity index (χ0) is 15.0. The molecule has 2 heterocycles. The molecule has 0 bridgehead atoms. The van der Waals surface area contributed by atoms with Crippen molar-refractivity contribution in [3.8, 4) is 17.2 Å². The maximum atomic E-state index is 9.47. The first-order valence-electron chi connectivity index (χ1n) is 6.95. The van der Waals surface area contributed by atoms with Crippen molar-refractivity contribution in [2.45, 2.75) is 36.5 Å². The zero-order valence-corrected chi connectivity index (χ0v) is 13.9. The standard InChI is InChI=1S/C15H18N2O2S2/c1-8-6-11(18)4-5-12(8)15-16-14(17-19-15)13-7-20-9(2)10(3)21-13/h4-6,9-10,13,18H,7H2,1-3H3. The van der Waals surface area contributed by atoms with E-state index in [-0.39, 0.29) is 11.0 Å². The Labute approximate surface area is 132 Å². The molecule has 1 aromatic carbocycles. The summed E-state index contributed by atoms with van der Waals surface area (Å²) in [5.74, 6) is 2.56. The number of thioether (sulfide) groups is 2. The van der Waals surface area contributed by atoms with Crippen LogP contribution in [0.2, 0.25) is 0 Å². The normalized spacial score (nSPS) is 26.0. The first-order valence-corrected chi connectivity index (χ1v) is 8.94. The monoisotopic (exact) mass is 322 g/mol. The van der Waals surface area contributed by atoms with E-state index in [1.165, 1.54) is 0 Å². The molecular weight excluding hydrogens is 304 g/mol. The molecule has 0 saturated carbocycles. The molecule has 6 heteroatoms. The summed E-state index contributed by atoms with van der Waals surface area (Å²) in [6.07, 6.45) is 0. The Morgan fingerprint density at radius 3 is 2.81 bits per heavy atom. The van der Waals surface area contributed by atoms with Gasteiger partial charge in [0.2, 0.25) is 0 Å². The molecule has 1 aliphatic rings. The third-order valence-electron chi connectivity index (χ3n) is 3.72. The lowest BCUT2D eigenvalue weighted by Gasteiger charge is -2.29. The van der Waals surface area contributed by atoms with E-state index in [2.05, 4.69) is 24.0 Å². The lowest BCUT2D eigenvalue weighted by molar-refractivity contribution is 0.422. The summed E-state index contributed by atoms with van der Waals surface area (Å²) < 4.78 is 5.42. The molecule has 3 unspecified atom stereocenters. The number of phenolic OH excluding ortho intramolecular Hbond substituents is 1. The van der Waals surface area contributed by atoms with E-state index in [1.807, 2.05) is 36.5 Å². The molecule has 0 spiro atoms. The Balaban J connectivity index is 1.83. The van der Waals surface area contributed by atoms with Crippen LogP contribution in [0.4, 0.5) is 0 Å². The number of aromatic hydroxyl groups is 1. The van der Waals surface area contributed by atoms with E-state index >= 15 is 0 Å². The van der Waals surface area contributed by atoms with Gasteiger partial charge in [-0.3, -0.25) is 0 Å². The van der Waals surface area contributed by atoms with Gasteiger partial charge in [0.25, 0.3) is 5.89 Å². The molecule has 0 radical (unpaired) electrons. The number of aryl methyl sites for hydroxylation is 1. The van der Waals surface area contributed by atoms with Crippen molar-refractivity contribution in [1.82, 2.24) is 10.1 Å². The number of hydrogen-bond acceptors (Lipinski definition) is 6.